The maximum absolute atomic E-state index is 5.44. The quantitative estimate of drug-likeness (QED) is 0.303. The maximum Gasteiger partial charge on any atom is 0.141 e. The molecule has 0 spiro atoms. The minimum absolute atomic E-state index is 0.0264. The molecule has 0 saturated carbocycles. The molecule has 5 rings (SSSR count). The zero-order valence-electron chi connectivity index (χ0n) is 16.6. The van der Waals surface area contributed by atoms with Gasteiger partial charge >= 0.3 is 0 Å². The molecule has 5 aromatic rings. The molecule has 0 aliphatic rings. The fourth-order valence-electron chi connectivity index (χ4n) is 4.11. The summed E-state index contributed by atoms with van der Waals surface area (Å²) in [6.07, 6.45) is 1.85. The van der Waals surface area contributed by atoms with Gasteiger partial charge < -0.3 is 4.52 Å². The van der Waals surface area contributed by atoms with Crippen molar-refractivity contribution in [2.24, 2.45) is 0 Å². The molecule has 0 radical (unpaired) electrons. The molecule has 0 fully saturated rings. The van der Waals surface area contributed by atoms with Gasteiger partial charge in [-0.2, -0.15) is 5.10 Å². The van der Waals surface area contributed by atoms with E-state index in [1.807, 2.05) is 38.2 Å². The number of nitrogens with one attached hydrogen (secondary N) is 1. The summed E-state index contributed by atoms with van der Waals surface area (Å²) in [5, 5.41) is 13.0. The van der Waals surface area contributed by atoms with Crippen molar-refractivity contribution in [3.05, 3.63) is 98.8 Å². The number of aromatic nitrogens is 4. The van der Waals surface area contributed by atoms with Crippen LogP contribution in [0, 0.1) is 17.5 Å². The zero-order chi connectivity index (χ0) is 20.7. The molecule has 5 nitrogen and oxygen atoms in total. The molecule has 0 bridgehead atoms. The minimum Gasteiger partial charge on any atom is -0.361 e. The summed E-state index contributed by atoms with van der Waals surface area (Å²) in [5.41, 5.74) is 7.20. The molecular weight excluding hydrogens is 487 g/mol. The van der Waals surface area contributed by atoms with E-state index in [4.69, 9.17) is 9.51 Å². The Hall–Kier alpha value is -3.00. The summed E-state index contributed by atoms with van der Waals surface area (Å²) in [5.74, 6) is 0.776. The first-order valence-electron chi connectivity index (χ1n) is 9.70. The van der Waals surface area contributed by atoms with Crippen molar-refractivity contribution in [3.63, 3.8) is 0 Å². The fourth-order valence-corrected chi connectivity index (χ4v) is 4.82. The number of aryl methyl sites for hydroxylation is 2. The van der Waals surface area contributed by atoms with E-state index in [0.29, 0.717) is 0 Å². The van der Waals surface area contributed by atoms with Crippen LogP contribution >= 0.6 is 22.6 Å². The van der Waals surface area contributed by atoms with E-state index in [9.17, 15) is 0 Å². The van der Waals surface area contributed by atoms with Gasteiger partial charge in [-0.05, 0) is 77.4 Å². The number of nitrogens with zero attached hydrogens (tertiary/aromatic N) is 3. The molecule has 6 heteroatoms. The Morgan fingerprint density at radius 3 is 2.50 bits per heavy atom. The summed E-state index contributed by atoms with van der Waals surface area (Å²) in [7, 11) is 0. The van der Waals surface area contributed by atoms with Crippen molar-refractivity contribution in [3.8, 4) is 11.1 Å². The number of aromatic amines is 1. The maximum atomic E-state index is 5.44. The Morgan fingerprint density at radius 2 is 1.80 bits per heavy atom. The van der Waals surface area contributed by atoms with Gasteiger partial charge in [-0.25, -0.2) is 0 Å². The van der Waals surface area contributed by atoms with Crippen molar-refractivity contribution in [1.82, 2.24) is 20.3 Å². The van der Waals surface area contributed by atoms with Crippen LogP contribution in [-0.2, 0) is 0 Å². The third-order valence-electron chi connectivity index (χ3n) is 5.39. The highest BCUT2D eigenvalue weighted by atomic mass is 127. The third-order valence-corrected chi connectivity index (χ3v) is 6.17. The smallest absolute Gasteiger partial charge is 0.141 e. The van der Waals surface area contributed by atoms with E-state index >= 15 is 0 Å². The number of fused-ring (bicyclic) bond motifs is 1. The molecule has 1 N–H and O–H groups in total. The summed E-state index contributed by atoms with van der Waals surface area (Å²) in [6, 6.07) is 20.9. The van der Waals surface area contributed by atoms with Crippen molar-refractivity contribution in [1.29, 1.82) is 0 Å². The van der Waals surface area contributed by atoms with Crippen molar-refractivity contribution < 1.29 is 4.52 Å². The number of pyridine rings is 1. The molecule has 2 aromatic carbocycles. The van der Waals surface area contributed by atoms with Crippen LogP contribution in [0.1, 0.15) is 34.2 Å². The average Bonchev–Trinajstić information content (AvgIpc) is 3.31. The summed E-state index contributed by atoms with van der Waals surface area (Å²) in [4.78, 5) is 4.72. The molecule has 0 aliphatic heterocycles. The monoisotopic (exact) mass is 506 g/mol. The van der Waals surface area contributed by atoms with Crippen LogP contribution in [0.5, 0.6) is 0 Å². The van der Waals surface area contributed by atoms with Gasteiger partial charge in [-0.15, -0.1) is 0 Å². The predicted molar refractivity (Wildman–Crippen MR) is 125 cm³/mol. The molecule has 148 valence electrons. The second-order valence-corrected chi connectivity index (χ2v) is 8.37. The van der Waals surface area contributed by atoms with Crippen LogP contribution in [0.4, 0.5) is 0 Å². The van der Waals surface area contributed by atoms with Crippen LogP contribution in [0.25, 0.3) is 22.0 Å². The first-order valence-corrected chi connectivity index (χ1v) is 10.8. The summed E-state index contributed by atoms with van der Waals surface area (Å²) in [6.45, 7) is 3.92. The molecule has 0 saturated heterocycles. The van der Waals surface area contributed by atoms with Crippen LogP contribution in [-0.4, -0.2) is 20.3 Å². The van der Waals surface area contributed by atoms with Gasteiger partial charge in [0.1, 0.15) is 9.46 Å². The SMILES string of the molecule is Cc1noc(C)c1-c1cc(C(c2ccccc2)c2ccccn2)c2c(I)[nH]nc2c1. The second-order valence-electron chi connectivity index (χ2n) is 7.29. The fraction of sp³-hybridized carbons (Fsp3) is 0.125. The van der Waals surface area contributed by atoms with E-state index in [-0.39, 0.29) is 5.92 Å². The molecule has 0 amide bonds. The summed E-state index contributed by atoms with van der Waals surface area (Å²) < 4.78 is 6.46. The van der Waals surface area contributed by atoms with E-state index in [0.717, 1.165) is 48.4 Å². The van der Waals surface area contributed by atoms with E-state index in [1.54, 1.807) is 0 Å². The number of hydrogen-bond acceptors (Lipinski definition) is 4. The zero-order valence-corrected chi connectivity index (χ0v) is 18.7. The first kappa shape index (κ1) is 19.0. The molecule has 30 heavy (non-hydrogen) atoms. The van der Waals surface area contributed by atoms with Crippen LogP contribution in [0.2, 0.25) is 0 Å². The topological polar surface area (TPSA) is 67.6 Å². The minimum atomic E-state index is -0.0264. The Bertz CT molecular complexity index is 1270. The van der Waals surface area contributed by atoms with Gasteiger partial charge in [0.2, 0.25) is 0 Å². The van der Waals surface area contributed by atoms with Crippen molar-refractivity contribution in [2.45, 2.75) is 19.8 Å². The molecule has 0 aliphatic carbocycles. The van der Waals surface area contributed by atoms with Crippen molar-refractivity contribution in [2.75, 3.05) is 0 Å². The molecule has 3 heterocycles. The highest BCUT2D eigenvalue weighted by Gasteiger charge is 2.25. The number of benzene rings is 2. The van der Waals surface area contributed by atoms with Crippen molar-refractivity contribution >= 4 is 33.5 Å². The second kappa shape index (κ2) is 7.68. The molecule has 3 aromatic heterocycles. The Kier molecular flexibility index (Phi) is 4.86. The number of hydrogen-bond donors (Lipinski definition) is 1. The Balaban J connectivity index is 1.84. The average molecular weight is 506 g/mol. The van der Waals surface area contributed by atoms with E-state index in [1.165, 1.54) is 5.56 Å². The lowest BCUT2D eigenvalue weighted by atomic mass is 9.84. The number of rotatable bonds is 4. The normalized spacial score (nSPS) is 12.4. The lowest BCUT2D eigenvalue weighted by Crippen LogP contribution is -2.06. The van der Waals surface area contributed by atoms with E-state index in [2.05, 4.69) is 80.4 Å². The lowest BCUT2D eigenvalue weighted by molar-refractivity contribution is 0.393. The van der Waals surface area contributed by atoms with Gasteiger partial charge in [0, 0.05) is 17.1 Å². The summed E-state index contributed by atoms with van der Waals surface area (Å²) >= 11 is 2.32. The highest BCUT2D eigenvalue weighted by Crippen LogP contribution is 2.40. The van der Waals surface area contributed by atoms with Gasteiger partial charge in [0.25, 0.3) is 0 Å². The molecular formula is C24H19IN4O. The predicted octanol–water partition coefficient (Wildman–Crippen LogP) is 6.01. The Morgan fingerprint density at radius 1 is 1.00 bits per heavy atom. The van der Waals surface area contributed by atoms with Gasteiger partial charge in [-0.1, -0.05) is 41.6 Å². The van der Waals surface area contributed by atoms with Crippen LogP contribution in [0.3, 0.4) is 0 Å². The molecule has 1 atom stereocenters. The molecule has 1 unspecified atom stereocenters. The highest BCUT2D eigenvalue weighted by molar-refractivity contribution is 14.1. The van der Waals surface area contributed by atoms with Gasteiger partial charge in [0.15, 0.2) is 0 Å². The van der Waals surface area contributed by atoms with Gasteiger partial charge in [-0.3, -0.25) is 10.1 Å². The Labute approximate surface area is 187 Å². The lowest BCUT2D eigenvalue weighted by Gasteiger charge is -2.20. The number of H-pyrrole nitrogens is 1. The number of halogens is 1. The van der Waals surface area contributed by atoms with Crippen LogP contribution < -0.4 is 0 Å². The third kappa shape index (κ3) is 3.21. The largest absolute Gasteiger partial charge is 0.361 e. The first-order chi connectivity index (χ1) is 14.6. The van der Waals surface area contributed by atoms with Crippen LogP contribution in [0.15, 0.2) is 71.4 Å². The van der Waals surface area contributed by atoms with Gasteiger partial charge in [0.05, 0.1) is 22.8 Å². The van der Waals surface area contributed by atoms with E-state index < -0.39 is 0 Å². The standard InChI is InChI=1S/C24H19IN4O/c1-14-21(15(2)30-29-14)17-12-18(23-20(13-17)27-28-24(23)25)22(16-8-4-3-5-9-16)19-10-6-7-11-26-19/h3-13,22H,1-2H3,(H,27,28).